The second-order valence-corrected chi connectivity index (χ2v) is 10.1. The van der Waals surface area contributed by atoms with Gasteiger partial charge in [0, 0.05) is 23.9 Å². The Morgan fingerprint density at radius 2 is 2.00 bits per heavy atom. The van der Waals surface area contributed by atoms with E-state index >= 15 is 0 Å². The summed E-state index contributed by atoms with van der Waals surface area (Å²) < 4.78 is 5.74. The van der Waals surface area contributed by atoms with Crippen LogP contribution in [0.15, 0.2) is 48.0 Å². The highest BCUT2D eigenvalue weighted by Crippen LogP contribution is 2.44. The highest BCUT2D eigenvalue weighted by Gasteiger charge is 2.48. The molecular weight excluding hydrogens is 488 g/mol. The molecule has 0 spiro atoms. The summed E-state index contributed by atoms with van der Waals surface area (Å²) in [6.45, 7) is 5.05. The number of hydrogen-bond acceptors (Lipinski definition) is 7. The number of halogens is 1. The van der Waals surface area contributed by atoms with Crippen LogP contribution in [0, 0.1) is 6.92 Å². The number of rotatable bonds is 4. The fraction of sp³-hybridized carbons (Fsp3) is 0.231. The number of ether oxygens (including phenoxy) is 1. The average Bonchev–Trinajstić information content (AvgIpc) is 3.45. The Morgan fingerprint density at radius 1 is 1.23 bits per heavy atom. The van der Waals surface area contributed by atoms with Crippen molar-refractivity contribution in [1.29, 1.82) is 0 Å². The molecular formula is C26H21ClN2O5S. The molecule has 2 atom stereocenters. The number of Topliss-reactive ketones (excluding diaryl/α,β-unsaturated/α-hetero) is 2. The second-order valence-electron chi connectivity index (χ2n) is 8.65. The summed E-state index contributed by atoms with van der Waals surface area (Å²) in [6.07, 6.45) is 0.692. The van der Waals surface area contributed by atoms with E-state index in [1.54, 1.807) is 49.4 Å². The van der Waals surface area contributed by atoms with E-state index in [0.717, 1.165) is 22.6 Å². The number of anilines is 1. The topological polar surface area (TPSA) is 96.8 Å². The van der Waals surface area contributed by atoms with Crippen LogP contribution < -0.4 is 9.64 Å². The van der Waals surface area contributed by atoms with Crippen LogP contribution in [0.4, 0.5) is 5.13 Å². The molecule has 1 aromatic heterocycles. The molecule has 35 heavy (non-hydrogen) atoms. The SMILES string of the molecule is CC(=O)c1sc(N2C(=O)C(=O)C(=C(O)c3ccc4c(c3)C[C@H](C)O4)[C@@H]2c2cccc(Cl)c2)nc1C. The quantitative estimate of drug-likeness (QED) is 0.223. The van der Waals surface area contributed by atoms with E-state index in [0.29, 0.717) is 33.1 Å². The molecule has 9 heteroatoms. The highest BCUT2D eigenvalue weighted by atomic mass is 35.5. The predicted molar refractivity (Wildman–Crippen MR) is 133 cm³/mol. The van der Waals surface area contributed by atoms with Crippen molar-refractivity contribution in [2.45, 2.75) is 39.3 Å². The van der Waals surface area contributed by atoms with Crippen LogP contribution >= 0.6 is 22.9 Å². The van der Waals surface area contributed by atoms with Crippen LogP contribution in [0.1, 0.15) is 51.9 Å². The molecule has 1 amide bonds. The minimum atomic E-state index is -0.970. The summed E-state index contributed by atoms with van der Waals surface area (Å²) >= 11 is 7.28. The van der Waals surface area contributed by atoms with Crippen molar-refractivity contribution in [2.24, 2.45) is 0 Å². The Labute approximate surface area is 210 Å². The Balaban J connectivity index is 1.70. The molecule has 1 N–H and O–H groups in total. The molecule has 1 fully saturated rings. The van der Waals surface area contributed by atoms with E-state index in [9.17, 15) is 19.5 Å². The zero-order valence-corrected chi connectivity index (χ0v) is 20.7. The summed E-state index contributed by atoms with van der Waals surface area (Å²) in [7, 11) is 0. The summed E-state index contributed by atoms with van der Waals surface area (Å²) in [5.74, 6) is -1.42. The molecule has 0 saturated carbocycles. The Bertz CT molecular complexity index is 1440. The predicted octanol–water partition coefficient (Wildman–Crippen LogP) is 5.26. The maximum Gasteiger partial charge on any atom is 0.301 e. The maximum atomic E-state index is 13.3. The second kappa shape index (κ2) is 8.62. The van der Waals surface area contributed by atoms with Gasteiger partial charge in [-0.1, -0.05) is 35.1 Å². The smallest absolute Gasteiger partial charge is 0.301 e. The summed E-state index contributed by atoms with van der Waals surface area (Å²) in [6, 6.07) is 11.0. The molecule has 0 radical (unpaired) electrons. The van der Waals surface area contributed by atoms with Gasteiger partial charge in [-0.15, -0.1) is 0 Å². The van der Waals surface area contributed by atoms with E-state index in [1.165, 1.54) is 11.8 Å². The molecule has 7 nitrogen and oxygen atoms in total. The molecule has 2 aliphatic heterocycles. The van der Waals surface area contributed by atoms with Crippen LogP contribution in [-0.2, 0) is 16.0 Å². The lowest BCUT2D eigenvalue weighted by atomic mass is 9.94. The lowest BCUT2D eigenvalue weighted by molar-refractivity contribution is -0.132. The summed E-state index contributed by atoms with van der Waals surface area (Å²) in [5.41, 5.74) is 2.26. The first-order valence-corrected chi connectivity index (χ1v) is 12.2. The van der Waals surface area contributed by atoms with Gasteiger partial charge in [-0.2, -0.15) is 0 Å². The molecule has 5 rings (SSSR count). The Morgan fingerprint density at radius 3 is 2.69 bits per heavy atom. The lowest BCUT2D eigenvalue weighted by Gasteiger charge is -2.23. The van der Waals surface area contributed by atoms with Gasteiger partial charge in [0.15, 0.2) is 10.9 Å². The number of carbonyl (C=O) groups is 3. The van der Waals surface area contributed by atoms with Gasteiger partial charge in [-0.05, 0) is 55.3 Å². The number of carbonyl (C=O) groups excluding carboxylic acids is 3. The molecule has 2 aliphatic rings. The number of fused-ring (bicyclic) bond motifs is 1. The summed E-state index contributed by atoms with van der Waals surface area (Å²) in [4.78, 5) is 44.7. The number of aryl methyl sites for hydroxylation is 1. The van der Waals surface area contributed by atoms with Crippen LogP contribution in [0.2, 0.25) is 5.02 Å². The molecule has 3 aromatic rings. The van der Waals surface area contributed by atoms with Gasteiger partial charge in [0.1, 0.15) is 17.6 Å². The number of benzene rings is 2. The number of nitrogens with zero attached hydrogens (tertiary/aromatic N) is 2. The first-order valence-electron chi connectivity index (χ1n) is 11.0. The zero-order valence-electron chi connectivity index (χ0n) is 19.2. The van der Waals surface area contributed by atoms with E-state index in [-0.39, 0.29) is 28.4 Å². The molecule has 3 heterocycles. The van der Waals surface area contributed by atoms with Crippen LogP contribution in [-0.4, -0.2) is 33.7 Å². The first kappa shape index (κ1) is 23.3. The summed E-state index contributed by atoms with van der Waals surface area (Å²) in [5, 5.41) is 12.0. The zero-order chi connectivity index (χ0) is 25.0. The number of aliphatic hydroxyl groups is 1. The number of thiazole rings is 1. The maximum absolute atomic E-state index is 13.3. The first-order chi connectivity index (χ1) is 16.7. The van der Waals surface area contributed by atoms with Gasteiger partial charge in [-0.25, -0.2) is 4.98 Å². The van der Waals surface area contributed by atoms with Crippen molar-refractivity contribution >= 4 is 51.3 Å². The van der Waals surface area contributed by atoms with Crippen molar-refractivity contribution < 1.29 is 24.2 Å². The van der Waals surface area contributed by atoms with Gasteiger partial charge in [0.25, 0.3) is 5.78 Å². The van der Waals surface area contributed by atoms with Crippen LogP contribution in [0.25, 0.3) is 5.76 Å². The standard InChI is InChI=1S/C26H21ClN2O5S/c1-12-9-17-10-16(7-8-19(17)34-12)22(31)20-21(15-5-4-6-18(27)11-15)29(25(33)23(20)32)26-28-13(2)24(35-26)14(3)30/h4-8,10-12,21,31H,9H2,1-3H3/t12-,21-/m0/s1. The third-order valence-electron chi connectivity index (χ3n) is 6.09. The average molecular weight is 509 g/mol. The van der Waals surface area contributed by atoms with Gasteiger partial charge < -0.3 is 9.84 Å². The van der Waals surface area contributed by atoms with E-state index in [4.69, 9.17) is 16.3 Å². The minimum Gasteiger partial charge on any atom is -0.507 e. The van der Waals surface area contributed by atoms with Gasteiger partial charge in [0.2, 0.25) is 0 Å². The number of amides is 1. The Kier molecular flexibility index (Phi) is 5.73. The molecule has 0 bridgehead atoms. The lowest BCUT2D eigenvalue weighted by Crippen LogP contribution is -2.29. The van der Waals surface area contributed by atoms with Crippen molar-refractivity contribution in [1.82, 2.24) is 4.98 Å². The number of ketones is 2. The van der Waals surface area contributed by atoms with Gasteiger partial charge in [-0.3, -0.25) is 19.3 Å². The third kappa shape index (κ3) is 3.92. The van der Waals surface area contributed by atoms with Gasteiger partial charge >= 0.3 is 5.91 Å². The number of hydrogen-bond donors (Lipinski definition) is 1. The molecule has 1 saturated heterocycles. The van der Waals surface area contributed by atoms with Crippen LogP contribution in [0.5, 0.6) is 5.75 Å². The highest BCUT2D eigenvalue weighted by molar-refractivity contribution is 7.18. The number of aliphatic hydroxyl groups excluding tert-OH is 1. The fourth-order valence-electron chi connectivity index (χ4n) is 4.56. The fourth-order valence-corrected chi connectivity index (χ4v) is 5.75. The largest absolute Gasteiger partial charge is 0.507 e. The van der Waals surface area contributed by atoms with Crippen molar-refractivity contribution in [2.75, 3.05) is 4.90 Å². The molecule has 0 unspecified atom stereocenters. The minimum absolute atomic E-state index is 0.0167. The van der Waals surface area contributed by atoms with Crippen molar-refractivity contribution in [3.63, 3.8) is 0 Å². The van der Waals surface area contributed by atoms with E-state index in [2.05, 4.69) is 4.98 Å². The molecule has 2 aromatic carbocycles. The van der Waals surface area contributed by atoms with Crippen molar-refractivity contribution in [3.8, 4) is 5.75 Å². The normalized spacial score (nSPS) is 20.7. The Hall–Kier alpha value is -3.49. The van der Waals surface area contributed by atoms with Crippen molar-refractivity contribution in [3.05, 3.63) is 80.3 Å². The number of aromatic nitrogens is 1. The molecule has 0 aliphatic carbocycles. The monoisotopic (exact) mass is 508 g/mol. The van der Waals surface area contributed by atoms with E-state index in [1.807, 2.05) is 6.92 Å². The van der Waals surface area contributed by atoms with E-state index < -0.39 is 17.7 Å². The molecule has 178 valence electrons. The van der Waals surface area contributed by atoms with Crippen LogP contribution in [0.3, 0.4) is 0 Å². The van der Waals surface area contributed by atoms with Gasteiger partial charge in [0.05, 0.1) is 22.2 Å². The third-order valence-corrected chi connectivity index (χ3v) is 7.58.